The molecule has 0 unspecified atom stereocenters. The van der Waals surface area contributed by atoms with Crippen molar-refractivity contribution in [2.45, 2.75) is 20.8 Å². The molecular formula is C17H16. The molecule has 0 saturated carbocycles. The van der Waals surface area contributed by atoms with Crippen molar-refractivity contribution in [2.75, 3.05) is 0 Å². The van der Waals surface area contributed by atoms with Crippen LogP contribution in [0.2, 0.25) is 0 Å². The Kier molecular flexibility index (Phi) is 2.19. The fraction of sp³-hybridized carbons (Fsp3) is 0.176. The topological polar surface area (TPSA) is 0 Å². The first-order valence-electron chi connectivity index (χ1n) is 6.06. The summed E-state index contributed by atoms with van der Waals surface area (Å²) in [7, 11) is 0. The molecule has 17 heavy (non-hydrogen) atoms. The SMILES string of the molecule is Cc1ccc2cc3cccc(C)c3cc2c1C. The Balaban J connectivity index is 2.53. The maximum Gasteiger partial charge on any atom is -0.0146 e. The molecule has 0 amide bonds. The van der Waals surface area contributed by atoms with Gasteiger partial charge in [-0.25, -0.2) is 0 Å². The highest BCUT2D eigenvalue weighted by atomic mass is 14.1. The lowest BCUT2D eigenvalue weighted by Gasteiger charge is -2.09. The highest BCUT2D eigenvalue weighted by Gasteiger charge is 2.03. The van der Waals surface area contributed by atoms with Crippen molar-refractivity contribution in [3.63, 3.8) is 0 Å². The van der Waals surface area contributed by atoms with Crippen molar-refractivity contribution >= 4 is 21.5 Å². The first-order chi connectivity index (χ1) is 8.16. The van der Waals surface area contributed by atoms with Crippen LogP contribution in [-0.4, -0.2) is 0 Å². The third-order valence-electron chi connectivity index (χ3n) is 3.78. The van der Waals surface area contributed by atoms with Gasteiger partial charge in [0.25, 0.3) is 0 Å². The average Bonchev–Trinajstić information content (AvgIpc) is 2.33. The van der Waals surface area contributed by atoms with Crippen molar-refractivity contribution in [3.05, 3.63) is 59.2 Å². The number of fused-ring (bicyclic) bond motifs is 2. The second kappa shape index (κ2) is 3.59. The Bertz CT molecular complexity index is 721. The van der Waals surface area contributed by atoms with E-state index in [1.807, 2.05) is 0 Å². The van der Waals surface area contributed by atoms with Crippen molar-refractivity contribution in [1.29, 1.82) is 0 Å². The molecule has 0 aliphatic carbocycles. The Morgan fingerprint density at radius 1 is 0.647 bits per heavy atom. The Labute approximate surface area is 102 Å². The van der Waals surface area contributed by atoms with Crippen LogP contribution in [0.15, 0.2) is 42.5 Å². The van der Waals surface area contributed by atoms with E-state index in [1.165, 1.54) is 38.2 Å². The highest BCUT2D eigenvalue weighted by Crippen LogP contribution is 2.28. The molecule has 0 saturated heterocycles. The lowest BCUT2D eigenvalue weighted by Crippen LogP contribution is -1.85. The predicted octanol–water partition coefficient (Wildman–Crippen LogP) is 4.92. The molecule has 84 valence electrons. The van der Waals surface area contributed by atoms with E-state index in [4.69, 9.17) is 0 Å². The second-order valence-electron chi connectivity index (χ2n) is 4.88. The zero-order chi connectivity index (χ0) is 12.0. The van der Waals surface area contributed by atoms with Gasteiger partial charge in [-0.15, -0.1) is 0 Å². The molecule has 0 atom stereocenters. The van der Waals surface area contributed by atoms with Gasteiger partial charge in [-0.2, -0.15) is 0 Å². The molecule has 0 N–H and O–H groups in total. The van der Waals surface area contributed by atoms with Crippen LogP contribution in [0.4, 0.5) is 0 Å². The van der Waals surface area contributed by atoms with Gasteiger partial charge in [0.05, 0.1) is 0 Å². The molecule has 3 aromatic carbocycles. The summed E-state index contributed by atoms with van der Waals surface area (Å²) in [4.78, 5) is 0. The minimum absolute atomic E-state index is 1.33. The summed E-state index contributed by atoms with van der Waals surface area (Å²) in [5, 5.41) is 5.42. The van der Waals surface area contributed by atoms with E-state index < -0.39 is 0 Å². The normalized spacial score (nSPS) is 11.2. The van der Waals surface area contributed by atoms with Crippen LogP contribution in [-0.2, 0) is 0 Å². The minimum Gasteiger partial charge on any atom is -0.0614 e. The zero-order valence-electron chi connectivity index (χ0n) is 10.5. The van der Waals surface area contributed by atoms with Gasteiger partial charge >= 0.3 is 0 Å². The van der Waals surface area contributed by atoms with Gasteiger partial charge in [-0.05, 0) is 71.1 Å². The van der Waals surface area contributed by atoms with Crippen LogP contribution < -0.4 is 0 Å². The van der Waals surface area contributed by atoms with Crippen molar-refractivity contribution in [1.82, 2.24) is 0 Å². The number of rotatable bonds is 0. The van der Waals surface area contributed by atoms with E-state index in [9.17, 15) is 0 Å². The fourth-order valence-corrected chi connectivity index (χ4v) is 2.51. The van der Waals surface area contributed by atoms with Gasteiger partial charge in [-0.1, -0.05) is 30.3 Å². The van der Waals surface area contributed by atoms with Crippen molar-refractivity contribution in [2.24, 2.45) is 0 Å². The maximum atomic E-state index is 2.34. The van der Waals surface area contributed by atoms with E-state index in [2.05, 4.69) is 63.2 Å². The van der Waals surface area contributed by atoms with Crippen LogP contribution in [0.1, 0.15) is 16.7 Å². The first kappa shape index (κ1) is 10.3. The number of aryl methyl sites for hydroxylation is 3. The van der Waals surface area contributed by atoms with Crippen LogP contribution in [0.5, 0.6) is 0 Å². The smallest absolute Gasteiger partial charge is 0.0146 e. The summed E-state index contributed by atoms with van der Waals surface area (Å²) in [5.41, 5.74) is 4.11. The van der Waals surface area contributed by atoms with Gasteiger partial charge in [-0.3, -0.25) is 0 Å². The molecule has 3 rings (SSSR count). The molecule has 0 aliphatic heterocycles. The van der Waals surface area contributed by atoms with Gasteiger partial charge in [0.15, 0.2) is 0 Å². The number of hydrogen-bond donors (Lipinski definition) is 0. The second-order valence-corrected chi connectivity index (χ2v) is 4.88. The molecule has 0 heteroatoms. The summed E-state index contributed by atoms with van der Waals surface area (Å²) in [6.07, 6.45) is 0. The Morgan fingerprint density at radius 2 is 1.41 bits per heavy atom. The first-order valence-corrected chi connectivity index (χ1v) is 6.06. The van der Waals surface area contributed by atoms with Crippen LogP contribution >= 0.6 is 0 Å². The molecule has 0 radical (unpaired) electrons. The van der Waals surface area contributed by atoms with Gasteiger partial charge in [0.2, 0.25) is 0 Å². The molecule has 0 fully saturated rings. The Hall–Kier alpha value is -1.82. The van der Waals surface area contributed by atoms with Crippen LogP contribution in [0.3, 0.4) is 0 Å². The summed E-state index contributed by atoms with van der Waals surface area (Å²) in [6.45, 7) is 6.57. The molecule has 0 heterocycles. The van der Waals surface area contributed by atoms with Gasteiger partial charge in [0.1, 0.15) is 0 Å². The van der Waals surface area contributed by atoms with Crippen molar-refractivity contribution < 1.29 is 0 Å². The fourth-order valence-electron chi connectivity index (χ4n) is 2.51. The summed E-state index contributed by atoms with van der Waals surface area (Å²) < 4.78 is 0. The third-order valence-corrected chi connectivity index (χ3v) is 3.78. The van der Waals surface area contributed by atoms with Gasteiger partial charge < -0.3 is 0 Å². The van der Waals surface area contributed by atoms with Crippen LogP contribution in [0, 0.1) is 20.8 Å². The van der Waals surface area contributed by atoms with Crippen molar-refractivity contribution in [3.8, 4) is 0 Å². The number of hydrogen-bond acceptors (Lipinski definition) is 0. The molecule has 3 aromatic rings. The quantitative estimate of drug-likeness (QED) is 0.472. The summed E-state index contributed by atoms with van der Waals surface area (Å²) in [6, 6.07) is 15.6. The molecule has 0 bridgehead atoms. The maximum absolute atomic E-state index is 2.34. The van der Waals surface area contributed by atoms with Gasteiger partial charge in [0, 0.05) is 0 Å². The predicted molar refractivity (Wildman–Crippen MR) is 75.7 cm³/mol. The molecule has 0 spiro atoms. The molecule has 0 aliphatic rings. The number of benzene rings is 3. The minimum atomic E-state index is 1.33. The van der Waals surface area contributed by atoms with E-state index in [-0.39, 0.29) is 0 Å². The molecule has 0 nitrogen and oxygen atoms in total. The van der Waals surface area contributed by atoms with E-state index in [0.717, 1.165) is 0 Å². The van der Waals surface area contributed by atoms with E-state index in [0.29, 0.717) is 0 Å². The monoisotopic (exact) mass is 220 g/mol. The van der Waals surface area contributed by atoms with E-state index in [1.54, 1.807) is 0 Å². The summed E-state index contributed by atoms with van der Waals surface area (Å²) >= 11 is 0. The summed E-state index contributed by atoms with van der Waals surface area (Å²) in [5.74, 6) is 0. The van der Waals surface area contributed by atoms with E-state index >= 15 is 0 Å². The highest BCUT2D eigenvalue weighted by molar-refractivity contribution is 6.01. The lowest BCUT2D eigenvalue weighted by atomic mass is 9.96. The third kappa shape index (κ3) is 1.52. The van der Waals surface area contributed by atoms with Crippen LogP contribution in [0.25, 0.3) is 21.5 Å². The Morgan fingerprint density at radius 3 is 2.24 bits per heavy atom. The molecular weight excluding hydrogens is 204 g/mol. The average molecular weight is 220 g/mol. The molecule has 0 aromatic heterocycles. The standard InChI is InChI=1S/C17H16/c1-11-7-8-15-9-14-6-4-5-12(2)16(14)10-17(15)13(11)3/h4-10H,1-3H3. The zero-order valence-corrected chi connectivity index (χ0v) is 10.5. The largest absolute Gasteiger partial charge is 0.0614 e. The lowest BCUT2D eigenvalue weighted by molar-refractivity contribution is 1.38.